The van der Waals surface area contributed by atoms with E-state index in [-0.39, 0.29) is 18.5 Å². The van der Waals surface area contributed by atoms with E-state index in [1.165, 1.54) is 12.1 Å². The molecule has 1 saturated heterocycles. The number of carbonyl (C=O) groups excluding carboxylic acids is 1. The Morgan fingerprint density at radius 3 is 2.80 bits per heavy atom. The molecule has 1 fully saturated rings. The van der Waals surface area contributed by atoms with Crippen LogP contribution in [0.1, 0.15) is 24.0 Å². The minimum Gasteiger partial charge on any atom is -0.454 e. The van der Waals surface area contributed by atoms with Crippen molar-refractivity contribution >= 4 is 11.6 Å². The number of fused-ring (bicyclic) bond motifs is 1. The third-order valence-corrected chi connectivity index (χ3v) is 5.71. The highest BCUT2D eigenvalue weighted by molar-refractivity contribution is 6.39. The van der Waals surface area contributed by atoms with Gasteiger partial charge in [-0.2, -0.15) is 0 Å². The highest BCUT2D eigenvalue weighted by Gasteiger charge is 2.46. The minimum absolute atomic E-state index is 0.245. The molecular weight excluding hydrogens is 389 g/mol. The Hall–Kier alpha value is -3.13. The monoisotopic (exact) mass is 411 g/mol. The molecule has 3 aliphatic heterocycles. The van der Waals surface area contributed by atoms with Crippen LogP contribution in [0.5, 0.6) is 11.5 Å². The Kier molecular flexibility index (Phi) is 4.78. The first-order valence-corrected chi connectivity index (χ1v) is 9.97. The number of hydrogen-bond donors (Lipinski definition) is 1. The zero-order valence-electron chi connectivity index (χ0n) is 16.4. The molecule has 30 heavy (non-hydrogen) atoms. The third-order valence-electron chi connectivity index (χ3n) is 5.71. The van der Waals surface area contributed by atoms with Crippen molar-refractivity contribution in [1.82, 2.24) is 10.2 Å². The van der Waals surface area contributed by atoms with Gasteiger partial charge in [0.15, 0.2) is 17.1 Å². The van der Waals surface area contributed by atoms with Gasteiger partial charge in [-0.15, -0.1) is 0 Å². The van der Waals surface area contributed by atoms with E-state index in [2.05, 4.69) is 15.4 Å². The number of hydrogen-bond acceptors (Lipinski definition) is 6. The number of ether oxygens (including phenoxy) is 2. The molecule has 0 unspecified atom stereocenters. The summed E-state index contributed by atoms with van der Waals surface area (Å²) in [5.41, 5.74) is 1.93. The number of carbonyl (C=O) groups is 1. The second kappa shape index (κ2) is 7.60. The Morgan fingerprint density at radius 2 is 1.93 bits per heavy atom. The fraction of sp³-hybridized carbons (Fsp3) is 0.364. The van der Waals surface area contributed by atoms with Crippen LogP contribution in [-0.4, -0.2) is 42.0 Å². The molecule has 5 rings (SSSR count). The van der Waals surface area contributed by atoms with Crippen molar-refractivity contribution in [3.63, 3.8) is 0 Å². The van der Waals surface area contributed by atoms with Gasteiger partial charge in [-0.3, -0.25) is 9.69 Å². The molecule has 156 valence electrons. The normalized spacial score (nSPS) is 22.2. The minimum atomic E-state index is -0.446. The van der Waals surface area contributed by atoms with Crippen LogP contribution in [0.4, 0.5) is 4.39 Å². The van der Waals surface area contributed by atoms with Crippen molar-refractivity contribution in [3.8, 4) is 11.5 Å². The van der Waals surface area contributed by atoms with Crippen molar-refractivity contribution in [2.45, 2.75) is 31.5 Å². The molecule has 0 aliphatic carbocycles. The van der Waals surface area contributed by atoms with Crippen molar-refractivity contribution in [2.24, 2.45) is 5.16 Å². The molecule has 3 aliphatic rings. The van der Waals surface area contributed by atoms with E-state index >= 15 is 0 Å². The molecule has 0 radical (unpaired) electrons. The summed E-state index contributed by atoms with van der Waals surface area (Å²) in [7, 11) is 0. The largest absolute Gasteiger partial charge is 0.454 e. The summed E-state index contributed by atoms with van der Waals surface area (Å²) in [4.78, 5) is 20.5. The number of rotatable bonds is 5. The number of nitrogens with one attached hydrogen (secondary N) is 1. The lowest BCUT2D eigenvalue weighted by Gasteiger charge is -2.21. The fourth-order valence-corrected chi connectivity index (χ4v) is 4.11. The van der Waals surface area contributed by atoms with Crippen LogP contribution in [-0.2, 0) is 22.7 Å². The Labute approximate surface area is 173 Å². The maximum atomic E-state index is 13.0. The number of amides is 1. The van der Waals surface area contributed by atoms with E-state index < -0.39 is 5.60 Å². The van der Waals surface area contributed by atoms with Crippen LogP contribution >= 0.6 is 0 Å². The molecule has 7 nitrogen and oxygen atoms in total. The number of likely N-dealkylation sites (tertiary alicyclic amines) is 1. The van der Waals surface area contributed by atoms with Crippen molar-refractivity contribution in [3.05, 3.63) is 59.4 Å². The summed E-state index contributed by atoms with van der Waals surface area (Å²) in [5.74, 6) is 1.01. The average Bonchev–Trinajstić information content (AvgIpc) is 3.48. The third kappa shape index (κ3) is 3.82. The van der Waals surface area contributed by atoms with E-state index in [1.54, 1.807) is 12.1 Å². The standard InChI is InChI=1S/C22H22FN3O4/c23-17-4-1-15(2-5-17)11-24-21(27)18-10-22(30-25-18)7-8-26(13-22)12-16-3-6-19-20(9-16)29-14-28-19/h1-6,9H,7-8,10-14H2,(H,24,27)/t22-/m1/s1. The molecule has 2 aromatic carbocycles. The lowest BCUT2D eigenvalue weighted by molar-refractivity contribution is -0.115. The molecule has 1 atom stereocenters. The topological polar surface area (TPSA) is 72.4 Å². The van der Waals surface area contributed by atoms with E-state index in [4.69, 9.17) is 14.3 Å². The molecule has 0 saturated carbocycles. The Bertz CT molecular complexity index is 994. The summed E-state index contributed by atoms with van der Waals surface area (Å²) >= 11 is 0. The molecule has 0 aromatic heterocycles. The first-order chi connectivity index (χ1) is 14.6. The van der Waals surface area contributed by atoms with Gasteiger partial charge in [0.25, 0.3) is 5.91 Å². The molecule has 2 aromatic rings. The van der Waals surface area contributed by atoms with Gasteiger partial charge in [0.05, 0.1) is 0 Å². The van der Waals surface area contributed by atoms with E-state index in [0.29, 0.717) is 25.2 Å². The van der Waals surface area contributed by atoms with Gasteiger partial charge in [-0.1, -0.05) is 23.4 Å². The van der Waals surface area contributed by atoms with Crippen LogP contribution in [0.15, 0.2) is 47.6 Å². The lowest BCUT2D eigenvalue weighted by atomic mass is 9.96. The molecule has 1 amide bonds. The number of benzene rings is 2. The zero-order chi connectivity index (χ0) is 20.6. The first kappa shape index (κ1) is 18.9. The highest BCUT2D eigenvalue weighted by atomic mass is 19.1. The van der Waals surface area contributed by atoms with Gasteiger partial charge in [-0.25, -0.2) is 4.39 Å². The average molecular weight is 411 g/mol. The summed E-state index contributed by atoms with van der Waals surface area (Å²) in [6.07, 6.45) is 1.30. The van der Waals surface area contributed by atoms with Crippen molar-refractivity contribution in [1.29, 1.82) is 0 Å². The van der Waals surface area contributed by atoms with E-state index in [1.807, 2.05) is 18.2 Å². The number of oxime groups is 1. The number of halogens is 1. The predicted octanol–water partition coefficient (Wildman–Crippen LogP) is 2.59. The summed E-state index contributed by atoms with van der Waals surface area (Å²) < 4.78 is 23.8. The summed E-state index contributed by atoms with van der Waals surface area (Å²) in [6, 6.07) is 12.0. The Balaban J connectivity index is 1.14. The first-order valence-electron chi connectivity index (χ1n) is 9.97. The second-order valence-corrected chi connectivity index (χ2v) is 7.95. The maximum absolute atomic E-state index is 13.0. The van der Waals surface area contributed by atoms with Gasteiger partial charge in [0, 0.05) is 39.0 Å². The maximum Gasteiger partial charge on any atom is 0.269 e. The molecule has 1 N–H and O–H groups in total. The Morgan fingerprint density at radius 1 is 1.13 bits per heavy atom. The fourth-order valence-electron chi connectivity index (χ4n) is 4.11. The van der Waals surface area contributed by atoms with E-state index in [0.717, 1.165) is 42.1 Å². The second-order valence-electron chi connectivity index (χ2n) is 7.95. The number of nitrogens with zero attached hydrogens (tertiary/aromatic N) is 2. The highest BCUT2D eigenvalue weighted by Crippen LogP contribution is 2.36. The molecular formula is C22H22FN3O4. The van der Waals surface area contributed by atoms with Crippen LogP contribution in [0.2, 0.25) is 0 Å². The van der Waals surface area contributed by atoms with Crippen LogP contribution in [0.3, 0.4) is 0 Å². The van der Waals surface area contributed by atoms with Gasteiger partial charge in [0.2, 0.25) is 6.79 Å². The van der Waals surface area contributed by atoms with Crippen LogP contribution < -0.4 is 14.8 Å². The summed E-state index contributed by atoms with van der Waals surface area (Å²) in [5, 5.41) is 6.90. The van der Waals surface area contributed by atoms with Gasteiger partial charge >= 0.3 is 0 Å². The quantitative estimate of drug-likeness (QED) is 0.819. The van der Waals surface area contributed by atoms with Gasteiger partial charge in [0.1, 0.15) is 11.5 Å². The van der Waals surface area contributed by atoms with Crippen LogP contribution in [0.25, 0.3) is 0 Å². The summed E-state index contributed by atoms with van der Waals surface area (Å²) in [6.45, 7) is 2.94. The predicted molar refractivity (Wildman–Crippen MR) is 107 cm³/mol. The van der Waals surface area contributed by atoms with Gasteiger partial charge < -0.3 is 19.6 Å². The smallest absolute Gasteiger partial charge is 0.269 e. The zero-order valence-corrected chi connectivity index (χ0v) is 16.4. The molecule has 0 bridgehead atoms. The molecule has 1 spiro atoms. The SMILES string of the molecule is O=C(NCc1ccc(F)cc1)C1=NO[C@]2(CCN(Cc3ccc4c(c3)OCO4)C2)C1. The molecule has 8 heteroatoms. The lowest BCUT2D eigenvalue weighted by Crippen LogP contribution is -2.36. The van der Waals surface area contributed by atoms with Gasteiger partial charge in [-0.05, 0) is 35.4 Å². The van der Waals surface area contributed by atoms with Crippen LogP contribution in [0, 0.1) is 5.82 Å². The van der Waals surface area contributed by atoms with Crippen molar-refractivity contribution in [2.75, 3.05) is 19.9 Å². The van der Waals surface area contributed by atoms with Crippen molar-refractivity contribution < 1.29 is 23.5 Å². The van der Waals surface area contributed by atoms with E-state index in [9.17, 15) is 9.18 Å². The molecule has 3 heterocycles.